The van der Waals surface area contributed by atoms with Gasteiger partial charge in [-0.05, 0) is 26.3 Å². The maximum absolute atomic E-state index is 10.8. The SMILES string of the molecule is CNC1CCC(O)(Cn2cnc3c(N)ncnc32)C(O)C1. The molecule has 2 heterocycles. The van der Waals surface area contributed by atoms with Crippen molar-refractivity contribution in [1.29, 1.82) is 0 Å². The van der Waals surface area contributed by atoms with Crippen LogP contribution in [-0.2, 0) is 6.54 Å². The topological polar surface area (TPSA) is 122 Å². The first-order valence-electron chi connectivity index (χ1n) is 7.02. The molecule has 1 saturated carbocycles. The largest absolute Gasteiger partial charge is 0.390 e. The zero-order valence-electron chi connectivity index (χ0n) is 11.9. The summed E-state index contributed by atoms with van der Waals surface area (Å²) in [6.07, 6.45) is 4.00. The number of nitrogens with two attached hydrogens (primary N) is 1. The second-order valence-corrected chi connectivity index (χ2v) is 5.68. The smallest absolute Gasteiger partial charge is 0.165 e. The molecular formula is C13H20N6O2. The predicted molar refractivity (Wildman–Crippen MR) is 77.4 cm³/mol. The lowest BCUT2D eigenvalue weighted by Crippen LogP contribution is -2.53. The van der Waals surface area contributed by atoms with Crippen molar-refractivity contribution in [2.75, 3.05) is 12.8 Å². The van der Waals surface area contributed by atoms with Crippen LogP contribution in [0.5, 0.6) is 0 Å². The molecule has 0 aromatic carbocycles. The van der Waals surface area contributed by atoms with E-state index in [1.54, 1.807) is 10.9 Å². The van der Waals surface area contributed by atoms with Gasteiger partial charge in [-0.3, -0.25) is 0 Å². The van der Waals surface area contributed by atoms with Gasteiger partial charge in [0.15, 0.2) is 11.5 Å². The zero-order valence-corrected chi connectivity index (χ0v) is 11.9. The molecule has 1 aliphatic rings. The van der Waals surface area contributed by atoms with Crippen LogP contribution >= 0.6 is 0 Å². The van der Waals surface area contributed by atoms with Gasteiger partial charge in [-0.2, -0.15) is 0 Å². The van der Waals surface area contributed by atoms with E-state index in [4.69, 9.17) is 5.73 Å². The third-order valence-corrected chi connectivity index (χ3v) is 4.34. The highest BCUT2D eigenvalue weighted by Gasteiger charge is 2.41. The van der Waals surface area contributed by atoms with Crippen molar-refractivity contribution in [2.24, 2.45) is 0 Å². The minimum absolute atomic E-state index is 0.234. The van der Waals surface area contributed by atoms with E-state index < -0.39 is 11.7 Å². The molecule has 8 nitrogen and oxygen atoms in total. The Morgan fingerprint density at radius 1 is 1.48 bits per heavy atom. The molecule has 0 saturated heterocycles. The second-order valence-electron chi connectivity index (χ2n) is 5.68. The van der Waals surface area contributed by atoms with E-state index in [1.807, 2.05) is 7.05 Å². The first-order chi connectivity index (χ1) is 10.0. The molecule has 3 atom stereocenters. The maximum atomic E-state index is 10.8. The van der Waals surface area contributed by atoms with Crippen molar-refractivity contribution in [3.05, 3.63) is 12.7 Å². The molecule has 0 aliphatic heterocycles. The van der Waals surface area contributed by atoms with E-state index in [1.165, 1.54) is 6.33 Å². The number of hydrogen-bond donors (Lipinski definition) is 4. The monoisotopic (exact) mass is 292 g/mol. The minimum Gasteiger partial charge on any atom is -0.390 e. The molecule has 2 aromatic rings. The van der Waals surface area contributed by atoms with Crippen LogP contribution in [0.3, 0.4) is 0 Å². The molecule has 114 valence electrons. The molecule has 0 amide bonds. The molecule has 0 bridgehead atoms. The third kappa shape index (κ3) is 2.45. The molecule has 8 heteroatoms. The first-order valence-corrected chi connectivity index (χ1v) is 7.02. The minimum atomic E-state index is -1.18. The van der Waals surface area contributed by atoms with Crippen molar-refractivity contribution in [3.8, 4) is 0 Å². The summed E-state index contributed by atoms with van der Waals surface area (Å²) >= 11 is 0. The molecule has 21 heavy (non-hydrogen) atoms. The fourth-order valence-electron chi connectivity index (χ4n) is 2.95. The normalized spacial score (nSPS) is 29.9. The van der Waals surface area contributed by atoms with Crippen LogP contribution in [-0.4, -0.2) is 54.5 Å². The lowest BCUT2D eigenvalue weighted by atomic mass is 9.79. The van der Waals surface area contributed by atoms with Crippen molar-refractivity contribution in [3.63, 3.8) is 0 Å². The van der Waals surface area contributed by atoms with Crippen LogP contribution in [0.1, 0.15) is 19.3 Å². The Labute approximate surface area is 122 Å². The number of nitrogens with zero attached hydrogens (tertiary/aromatic N) is 4. The van der Waals surface area contributed by atoms with Crippen molar-refractivity contribution in [1.82, 2.24) is 24.8 Å². The molecule has 3 rings (SSSR count). The number of nitrogens with one attached hydrogen (secondary N) is 1. The van der Waals surface area contributed by atoms with Crippen LogP contribution in [0.25, 0.3) is 11.2 Å². The van der Waals surface area contributed by atoms with E-state index in [0.29, 0.717) is 29.8 Å². The van der Waals surface area contributed by atoms with Crippen LogP contribution in [0.4, 0.5) is 5.82 Å². The molecule has 0 spiro atoms. The van der Waals surface area contributed by atoms with Gasteiger partial charge in [0.1, 0.15) is 17.4 Å². The van der Waals surface area contributed by atoms with Crippen molar-refractivity contribution >= 4 is 17.0 Å². The van der Waals surface area contributed by atoms with Crippen molar-refractivity contribution < 1.29 is 10.2 Å². The Morgan fingerprint density at radius 3 is 3.00 bits per heavy atom. The highest BCUT2D eigenvalue weighted by Crippen LogP contribution is 2.31. The Hall–Kier alpha value is -1.77. The molecule has 2 aromatic heterocycles. The average molecular weight is 292 g/mol. The highest BCUT2D eigenvalue weighted by molar-refractivity contribution is 5.81. The van der Waals surface area contributed by atoms with Gasteiger partial charge >= 0.3 is 0 Å². The van der Waals surface area contributed by atoms with E-state index in [-0.39, 0.29) is 12.6 Å². The van der Waals surface area contributed by atoms with Crippen LogP contribution < -0.4 is 11.1 Å². The molecule has 1 aliphatic carbocycles. The van der Waals surface area contributed by atoms with Gasteiger partial charge in [-0.15, -0.1) is 0 Å². The average Bonchev–Trinajstić information content (AvgIpc) is 2.87. The van der Waals surface area contributed by atoms with Crippen LogP contribution in [0, 0.1) is 0 Å². The Bertz CT molecular complexity index is 645. The lowest BCUT2D eigenvalue weighted by molar-refractivity contribution is -0.114. The predicted octanol–water partition coefficient (Wildman–Crippen LogP) is -0.728. The summed E-state index contributed by atoms with van der Waals surface area (Å²) in [6, 6.07) is 0.234. The van der Waals surface area contributed by atoms with E-state index >= 15 is 0 Å². The number of aliphatic hydroxyl groups is 2. The van der Waals surface area contributed by atoms with Gasteiger partial charge in [-0.1, -0.05) is 0 Å². The number of hydrogen-bond acceptors (Lipinski definition) is 7. The summed E-state index contributed by atoms with van der Waals surface area (Å²) in [7, 11) is 1.87. The molecular weight excluding hydrogens is 272 g/mol. The fraction of sp³-hybridized carbons (Fsp3) is 0.615. The molecule has 5 N–H and O–H groups in total. The van der Waals surface area contributed by atoms with Gasteiger partial charge in [0.2, 0.25) is 0 Å². The molecule has 0 radical (unpaired) electrons. The Kier molecular flexibility index (Phi) is 3.52. The van der Waals surface area contributed by atoms with Gasteiger partial charge in [-0.25, -0.2) is 15.0 Å². The Balaban J connectivity index is 1.86. The first kappa shape index (κ1) is 14.2. The summed E-state index contributed by atoms with van der Waals surface area (Å²) < 4.78 is 1.72. The fourth-order valence-corrected chi connectivity index (χ4v) is 2.95. The number of aromatic nitrogens is 4. The van der Waals surface area contributed by atoms with Gasteiger partial charge in [0.05, 0.1) is 19.0 Å². The van der Waals surface area contributed by atoms with E-state index in [0.717, 1.165) is 6.42 Å². The molecule has 1 fully saturated rings. The number of nitrogen functional groups attached to an aromatic ring is 1. The highest BCUT2D eigenvalue weighted by atomic mass is 16.3. The van der Waals surface area contributed by atoms with E-state index in [9.17, 15) is 10.2 Å². The van der Waals surface area contributed by atoms with Gasteiger partial charge in [0.25, 0.3) is 0 Å². The zero-order chi connectivity index (χ0) is 15.0. The third-order valence-electron chi connectivity index (χ3n) is 4.34. The molecule has 3 unspecified atom stereocenters. The standard InChI is InChI=1S/C13H20N6O2/c1-15-8-2-3-13(21,9(20)4-8)5-19-7-18-10-11(14)16-6-17-12(10)19/h6-9,15,20-21H,2-5H2,1H3,(H2,14,16,17). The number of rotatable bonds is 3. The summed E-state index contributed by atoms with van der Waals surface area (Å²) in [5, 5.41) is 24.2. The second kappa shape index (κ2) is 5.21. The lowest BCUT2D eigenvalue weighted by Gasteiger charge is -2.40. The van der Waals surface area contributed by atoms with E-state index in [2.05, 4.69) is 20.3 Å². The van der Waals surface area contributed by atoms with Gasteiger partial charge in [0, 0.05) is 6.04 Å². The van der Waals surface area contributed by atoms with Crippen molar-refractivity contribution in [2.45, 2.75) is 43.6 Å². The maximum Gasteiger partial charge on any atom is 0.165 e. The summed E-state index contributed by atoms with van der Waals surface area (Å²) in [5.41, 5.74) is 5.65. The number of anilines is 1. The summed E-state index contributed by atoms with van der Waals surface area (Å²) in [4.78, 5) is 12.2. The number of fused-ring (bicyclic) bond motifs is 1. The van der Waals surface area contributed by atoms with Crippen LogP contribution in [0.15, 0.2) is 12.7 Å². The summed E-state index contributed by atoms with van der Waals surface area (Å²) in [5.74, 6) is 0.310. The van der Waals surface area contributed by atoms with Crippen LogP contribution in [0.2, 0.25) is 0 Å². The number of aliphatic hydroxyl groups excluding tert-OH is 1. The van der Waals surface area contributed by atoms with Gasteiger partial charge < -0.3 is 25.8 Å². The quantitative estimate of drug-likeness (QED) is 0.588. The summed E-state index contributed by atoms with van der Waals surface area (Å²) in [6.45, 7) is 0.234. The number of imidazole rings is 1. The Morgan fingerprint density at radius 2 is 2.29 bits per heavy atom.